The molecule has 174 valence electrons. The van der Waals surface area contributed by atoms with Crippen molar-refractivity contribution in [3.05, 3.63) is 71.3 Å². The molecule has 4 N–H and O–H groups in total. The lowest BCUT2D eigenvalue weighted by molar-refractivity contribution is -0.126. The maximum absolute atomic E-state index is 12.9. The zero-order valence-corrected chi connectivity index (χ0v) is 19.6. The van der Waals surface area contributed by atoms with Crippen molar-refractivity contribution in [3.63, 3.8) is 0 Å². The molecule has 1 amide bonds. The first-order valence-electron chi connectivity index (χ1n) is 11.7. The van der Waals surface area contributed by atoms with Crippen LogP contribution < -0.4 is 10.6 Å². The van der Waals surface area contributed by atoms with Crippen LogP contribution in [0.1, 0.15) is 62.8 Å². The van der Waals surface area contributed by atoms with Crippen LogP contribution in [-0.2, 0) is 16.6 Å². The quantitative estimate of drug-likeness (QED) is 0.509. The molecule has 1 aliphatic heterocycles. The number of aliphatic hydroxyl groups excluding tert-OH is 2. The fourth-order valence-corrected chi connectivity index (χ4v) is 4.39. The molecule has 5 heteroatoms. The Labute approximate surface area is 192 Å². The van der Waals surface area contributed by atoms with Gasteiger partial charge in [-0.1, -0.05) is 75.4 Å². The smallest absolute Gasteiger partial charge is 0.237 e. The zero-order valence-electron chi connectivity index (χ0n) is 19.6. The Morgan fingerprint density at radius 3 is 2.44 bits per heavy atom. The van der Waals surface area contributed by atoms with Gasteiger partial charge in [-0.25, -0.2) is 0 Å². The molecule has 0 aromatic heterocycles. The molecule has 2 aromatic rings. The van der Waals surface area contributed by atoms with Crippen LogP contribution >= 0.6 is 0 Å². The molecule has 0 unspecified atom stereocenters. The minimum atomic E-state index is -0.944. The predicted molar refractivity (Wildman–Crippen MR) is 128 cm³/mol. The summed E-state index contributed by atoms with van der Waals surface area (Å²) < 4.78 is 0. The maximum atomic E-state index is 12.9. The molecule has 1 saturated heterocycles. The van der Waals surface area contributed by atoms with E-state index in [9.17, 15) is 15.0 Å². The number of carbonyl (C=O) groups is 1. The third-order valence-electron chi connectivity index (χ3n) is 6.54. The van der Waals surface area contributed by atoms with Crippen LogP contribution in [0.15, 0.2) is 54.6 Å². The largest absolute Gasteiger partial charge is 0.394 e. The van der Waals surface area contributed by atoms with Crippen molar-refractivity contribution < 1.29 is 15.0 Å². The molecule has 3 rings (SSSR count). The van der Waals surface area contributed by atoms with E-state index in [4.69, 9.17) is 0 Å². The Bertz CT molecular complexity index is 845. The lowest BCUT2D eigenvalue weighted by Crippen LogP contribution is -2.53. The highest BCUT2D eigenvalue weighted by Crippen LogP contribution is 2.25. The summed E-state index contributed by atoms with van der Waals surface area (Å²) in [6.07, 6.45) is 2.94. The van der Waals surface area contributed by atoms with Crippen LogP contribution in [0, 0.1) is 5.92 Å². The second kappa shape index (κ2) is 11.1. The molecule has 2 aromatic carbocycles. The van der Waals surface area contributed by atoms with Gasteiger partial charge < -0.3 is 20.8 Å². The van der Waals surface area contributed by atoms with E-state index >= 15 is 0 Å². The molecule has 4 atom stereocenters. The van der Waals surface area contributed by atoms with E-state index in [0.29, 0.717) is 11.5 Å². The summed E-state index contributed by atoms with van der Waals surface area (Å²) in [6, 6.07) is 17.0. The van der Waals surface area contributed by atoms with Gasteiger partial charge in [-0.3, -0.25) is 4.79 Å². The van der Waals surface area contributed by atoms with E-state index in [1.54, 1.807) is 12.1 Å². The van der Waals surface area contributed by atoms with Crippen molar-refractivity contribution in [2.75, 3.05) is 13.2 Å². The second-order valence-electron chi connectivity index (χ2n) is 10.0. The van der Waals surface area contributed by atoms with Gasteiger partial charge in [-0.15, -0.1) is 0 Å². The summed E-state index contributed by atoms with van der Waals surface area (Å²) in [7, 11) is 0. The van der Waals surface area contributed by atoms with Crippen LogP contribution in [0.25, 0.3) is 0 Å². The first kappa shape index (κ1) is 24.4. The van der Waals surface area contributed by atoms with Gasteiger partial charge in [0, 0.05) is 0 Å². The fraction of sp³-hybridized carbons (Fsp3) is 0.519. The van der Waals surface area contributed by atoms with Gasteiger partial charge >= 0.3 is 0 Å². The van der Waals surface area contributed by atoms with Crippen LogP contribution in [0.4, 0.5) is 0 Å². The highest BCUT2D eigenvalue weighted by Gasteiger charge is 2.30. The molecule has 0 aliphatic carbocycles. The lowest BCUT2D eigenvalue weighted by Gasteiger charge is -2.31. The van der Waals surface area contributed by atoms with Crippen LogP contribution in [-0.4, -0.2) is 41.4 Å². The number of benzene rings is 2. The third kappa shape index (κ3) is 6.64. The molecular weight excluding hydrogens is 400 g/mol. The molecule has 1 aliphatic rings. The highest BCUT2D eigenvalue weighted by molar-refractivity contribution is 5.82. The van der Waals surface area contributed by atoms with E-state index in [0.717, 1.165) is 32.2 Å². The van der Waals surface area contributed by atoms with Crippen molar-refractivity contribution in [2.24, 2.45) is 5.92 Å². The van der Waals surface area contributed by atoms with Crippen molar-refractivity contribution in [1.82, 2.24) is 10.6 Å². The summed E-state index contributed by atoms with van der Waals surface area (Å²) >= 11 is 0. The SMILES string of the molecule is CC(C)(C)c1ccc(CC[C@H]2CCN[C@@H](C(=O)N[C@H](CO)[C@H](O)c3ccccc3)C2)cc1. The van der Waals surface area contributed by atoms with E-state index in [-0.39, 0.29) is 24.0 Å². The third-order valence-corrected chi connectivity index (χ3v) is 6.54. The number of hydrogen-bond acceptors (Lipinski definition) is 4. The Kier molecular flexibility index (Phi) is 8.46. The number of carbonyl (C=O) groups excluding carboxylic acids is 1. The van der Waals surface area contributed by atoms with Crippen molar-refractivity contribution in [2.45, 2.75) is 70.1 Å². The standard InChI is InChI=1S/C27H38N2O3/c1-27(2,3)22-13-11-19(12-14-22)9-10-20-15-16-28-23(17-20)26(32)29-24(18-30)25(31)21-7-5-4-6-8-21/h4-8,11-14,20,23-25,28,30-31H,9-10,15-18H2,1-3H3,(H,29,32)/t20-,23+,24+,25+/m0/s1. The molecule has 1 heterocycles. The van der Waals surface area contributed by atoms with Gasteiger partial charge in [0.15, 0.2) is 0 Å². The van der Waals surface area contributed by atoms with Crippen molar-refractivity contribution >= 4 is 5.91 Å². The Morgan fingerprint density at radius 2 is 1.81 bits per heavy atom. The Hall–Kier alpha value is -2.21. The van der Waals surface area contributed by atoms with Crippen LogP contribution in [0.2, 0.25) is 0 Å². The molecule has 0 spiro atoms. The average Bonchev–Trinajstić information content (AvgIpc) is 2.81. The van der Waals surface area contributed by atoms with Gasteiger partial charge in [0.1, 0.15) is 6.10 Å². The van der Waals surface area contributed by atoms with Gasteiger partial charge in [0.05, 0.1) is 18.7 Å². The number of aliphatic hydroxyl groups is 2. The van der Waals surface area contributed by atoms with Gasteiger partial charge in [0.2, 0.25) is 5.91 Å². The van der Waals surface area contributed by atoms with E-state index < -0.39 is 12.1 Å². The van der Waals surface area contributed by atoms with Crippen LogP contribution in [0.3, 0.4) is 0 Å². The predicted octanol–water partition coefficient (Wildman–Crippen LogP) is 3.50. The normalized spacial score (nSPS) is 21.0. The number of piperidine rings is 1. The highest BCUT2D eigenvalue weighted by atomic mass is 16.3. The van der Waals surface area contributed by atoms with Crippen molar-refractivity contribution in [3.8, 4) is 0 Å². The molecule has 0 radical (unpaired) electrons. The van der Waals surface area contributed by atoms with Crippen molar-refractivity contribution in [1.29, 1.82) is 0 Å². The molecule has 0 bridgehead atoms. The Morgan fingerprint density at radius 1 is 1.12 bits per heavy atom. The number of nitrogens with one attached hydrogen (secondary N) is 2. The summed E-state index contributed by atoms with van der Waals surface area (Å²) in [4.78, 5) is 12.9. The van der Waals surface area contributed by atoms with E-state index in [2.05, 4.69) is 55.7 Å². The number of hydrogen-bond donors (Lipinski definition) is 4. The van der Waals surface area contributed by atoms with Gasteiger partial charge in [0.25, 0.3) is 0 Å². The fourth-order valence-electron chi connectivity index (χ4n) is 4.39. The zero-order chi connectivity index (χ0) is 23.1. The minimum Gasteiger partial charge on any atom is -0.394 e. The average molecular weight is 439 g/mol. The summed E-state index contributed by atoms with van der Waals surface area (Å²) in [5, 5.41) is 26.5. The number of amides is 1. The molecule has 5 nitrogen and oxygen atoms in total. The van der Waals surface area contributed by atoms with E-state index in [1.165, 1.54) is 11.1 Å². The summed E-state index contributed by atoms with van der Waals surface area (Å²) in [6.45, 7) is 7.16. The summed E-state index contributed by atoms with van der Waals surface area (Å²) in [5.74, 6) is 0.319. The molecule has 32 heavy (non-hydrogen) atoms. The Balaban J connectivity index is 1.51. The first-order valence-corrected chi connectivity index (χ1v) is 11.7. The first-order chi connectivity index (χ1) is 15.3. The molecule has 0 saturated carbocycles. The maximum Gasteiger partial charge on any atom is 0.237 e. The second-order valence-corrected chi connectivity index (χ2v) is 10.0. The molecular formula is C27H38N2O3. The molecule has 1 fully saturated rings. The van der Waals surface area contributed by atoms with Gasteiger partial charge in [-0.05, 0) is 60.3 Å². The summed E-state index contributed by atoms with van der Waals surface area (Å²) in [5.41, 5.74) is 3.52. The van der Waals surface area contributed by atoms with Crippen LogP contribution in [0.5, 0.6) is 0 Å². The minimum absolute atomic E-state index is 0.154. The number of rotatable bonds is 8. The monoisotopic (exact) mass is 438 g/mol. The topological polar surface area (TPSA) is 81.6 Å². The van der Waals surface area contributed by atoms with Gasteiger partial charge in [-0.2, -0.15) is 0 Å². The van der Waals surface area contributed by atoms with E-state index in [1.807, 2.05) is 18.2 Å². The lowest BCUT2D eigenvalue weighted by atomic mass is 9.85. The number of aryl methyl sites for hydroxylation is 1.